The van der Waals surface area contributed by atoms with Crippen molar-refractivity contribution in [3.63, 3.8) is 0 Å². The molecule has 5 rings (SSSR count). The summed E-state index contributed by atoms with van der Waals surface area (Å²) in [6.45, 7) is 0. The van der Waals surface area contributed by atoms with Gasteiger partial charge in [-0.1, -0.05) is 16.8 Å². The molecular formula is C23H17BrClN7O3S. The second kappa shape index (κ2) is 9.45. The first-order valence-electron chi connectivity index (χ1n) is 10.6. The SMILES string of the molecule is N=CN(N=N)c1ccc(Cl)cc1-c1cc(=O)n2c(c1Br)CC[C@H]2c1ncc(-c2csc(C(=O)O)c2)[nH]1. The number of rotatable bonds is 7. The normalized spacial score (nSPS) is 14.4. The van der Waals surface area contributed by atoms with Crippen molar-refractivity contribution in [1.82, 2.24) is 14.5 Å². The molecule has 182 valence electrons. The smallest absolute Gasteiger partial charge is 0.345 e. The molecule has 0 amide bonds. The van der Waals surface area contributed by atoms with E-state index < -0.39 is 5.97 Å². The largest absolute Gasteiger partial charge is 0.477 e. The molecule has 0 aliphatic carbocycles. The molecular weight excluding hydrogens is 570 g/mol. The van der Waals surface area contributed by atoms with Crippen LogP contribution in [0, 0.1) is 10.9 Å². The van der Waals surface area contributed by atoms with Crippen molar-refractivity contribution in [3.05, 3.63) is 78.2 Å². The highest BCUT2D eigenvalue weighted by atomic mass is 79.9. The molecule has 3 aromatic heterocycles. The number of aromatic carboxylic acids is 1. The van der Waals surface area contributed by atoms with Gasteiger partial charge >= 0.3 is 5.97 Å². The van der Waals surface area contributed by atoms with E-state index >= 15 is 0 Å². The zero-order valence-electron chi connectivity index (χ0n) is 18.3. The highest BCUT2D eigenvalue weighted by Crippen LogP contribution is 2.41. The van der Waals surface area contributed by atoms with Gasteiger partial charge in [0, 0.05) is 43.3 Å². The molecule has 13 heteroatoms. The minimum Gasteiger partial charge on any atom is -0.477 e. The number of carboxylic acid groups (broad SMARTS) is 1. The second-order valence-corrected chi connectivity index (χ2v) is 10.1. The lowest BCUT2D eigenvalue weighted by molar-refractivity contribution is 0.0702. The molecule has 1 aliphatic rings. The Morgan fingerprint density at radius 3 is 2.86 bits per heavy atom. The molecule has 4 aromatic rings. The molecule has 0 unspecified atom stereocenters. The first-order chi connectivity index (χ1) is 17.3. The summed E-state index contributed by atoms with van der Waals surface area (Å²) >= 11 is 11.1. The average Bonchev–Trinajstić information content (AvgIpc) is 3.62. The van der Waals surface area contributed by atoms with Crippen molar-refractivity contribution in [3.8, 4) is 22.4 Å². The Morgan fingerprint density at radius 1 is 1.36 bits per heavy atom. The summed E-state index contributed by atoms with van der Waals surface area (Å²) in [5.41, 5.74) is 10.9. The lowest BCUT2D eigenvalue weighted by Gasteiger charge is -2.19. The van der Waals surface area contributed by atoms with Crippen LogP contribution in [0.4, 0.5) is 5.69 Å². The highest BCUT2D eigenvalue weighted by Gasteiger charge is 2.31. The molecule has 0 radical (unpaired) electrons. The van der Waals surface area contributed by atoms with Crippen molar-refractivity contribution in [2.24, 2.45) is 5.22 Å². The minimum absolute atomic E-state index is 0.234. The first kappa shape index (κ1) is 24.1. The number of halogens is 2. The topological polar surface area (TPSA) is 151 Å². The minimum atomic E-state index is -0.981. The fourth-order valence-electron chi connectivity index (χ4n) is 4.40. The Hall–Kier alpha value is -3.61. The van der Waals surface area contributed by atoms with E-state index in [2.05, 4.69) is 31.1 Å². The number of aromatic amines is 1. The van der Waals surface area contributed by atoms with Gasteiger partial charge in [0.2, 0.25) is 0 Å². The van der Waals surface area contributed by atoms with Crippen LogP contribution in [0.15, 0.2) is 56.4 Å². The van der Waals surface area contributed by atoms with E-state index in [1.165, 1.54) is 6.07 Å². The molecule has 1 atom stereocenters. The van der Waals surface area contributed by atoms with Crippen molar-refractivity contribution < 1.29 is 9.90 Å². The maximum absolute atomic E-state index is 13.4. The van der Waals surface area contributed by atoms with Crippen LogP contribution in [0.3, 0.4) is 0 Å². The van der Waals surface area contributed by atoms with Gasteiger partial charge in [-0.25, -0.2) is 14.8 Å². The monoisotopic (exact) mass is 585 g/mol. The van der Waals surface area contributed by atoms with Gasteiger partial charge in [0.25, 0.3) is 5.56 Å². The number of hydrogen-bond acceptors (Lipinski definition) is 7. The van der Waals surface area contributed by atoms with E-state index in [1.54, 1.807) is 40.4 Å². The number of carboxylic acids is 1. The third-order valence-corrected chi connectivity index (χ3v) is 8.05. The molecule has 36 heavy (non-hydrogen) atoms. The Labute approximate surface area is 221 Å². The number of pyridine rings is 1. The number of aromatic nitrogens is 3. The van der Waals surface area contributed by atoms with Crippen molar-refractivity contribution >= 4 is 56.9 Å². The fourth-order valence-corrected chi connectivity index (χ4v) is 6.03. The van der Waals surface area contributed by atoms with Crippen molar-refractivity contribution in [2.45, 2.75) is 18.9 Å². The van der Waals surface area contributed by atoms with Crippen LogP contribution in [0.1, 0.15) is 33.7 Å². The molecule has 4 heterocycles. The zero-order valence-corrected chi connectivity index (χ0v) is 21.5. The molecule has 0 bridgehead atoms. The number of thiophene rings is 1. The van der Waals surface area contributed by atoms with E-state index in [-0.39, 0.29) is 16.5 Å². The number of nitrogens with zero attached hydrogens (tertiary/aromatic N) is 4. The van der Waals surface area contributed by atoms with Gasteiger partial charge in [0.05, 0.1) is 23.6 Å². The predicted octanol–water partition coefficient (Wildman–Crippen LogP) is 5.98. The number of carbonyl (C=O) groups is 1. The summed E-state index contributed by atoms with van der Waals surface area (Å²) in [6, 6.07) is 7.72. The van der Waals surface area contributed by atoms with Crippen LogP contribution in [0.5, 0.6) is 0 Å². The standard InChI is InChI=1S/C23H17BrClN7O3S/c24-21-14(13-6-12(25)1-2-16(13)31(10-26)30-27)7-20(33)32-17(21)3-4-18(32)22-28-8-15(29-22)11-5-19(23(34)35)36-9-11/h1-2,5-10,18,26-27H,3-4H2,(H,28,29)(H,34,35)/t18-/m0/s1. The van der Waals surface area contributed by atoms with E-state index in [0.29, 0.717) is 50.7 Å². The first-order valence-corrected chi connectivity index (χ1v) is 12.7. The maximum atomic E-state index is 13.4. The summed E-state index contributed by atoms with van der Waals surface area (Å²) in [7, 11) is 0. The van der Waals surface area contributed by atoms with Crippen LogP contribution < -0.4 is 10.6 Å². The number of benzene rings is 1. The number of imidazole rings is 1. The number of anilines is 1. The molecule has 1 aliphatic heterocycles. The predicted molar refractivity (Wildman–Crippen MR) is 141 cm³/mol. The molecule has 0 saturated carbocycles. The van der Waals surface area contributed by atoms with Crippen LogP contribution in [-0.2, 0) is 6.42 Å². The van der Waals surface area contributed by atoms with E-state index in [4.69, 9.17) is 22.5 Å². The second-order valence-electron chi connectivity index (χ2n) is 8.00. The Bertz CT molecular complexity index is 1590. The number of fused-ring (bicyclic) bond motifs is 1. The third kappa shape index (κ3) is 4.06. The molecule has 10 nitrogen and oxygen atoms in total. The highest BCUT2D eigenvalue weighted by molar-refractivity contribution is 9.10. The summed E-state index contributed by atoms with van der Waals surface area (Å²) in [5, 5.41) is 23.4. The van der Waals surface area contributed by atoms with Crippen LogP contribution >= 0.6 is 38.9 Å². The van der Waals surface area contributed by atoms with Crippen molar-refractivity contribution in [1.29, 1.82) is 10.9 Å². The summed E-state index contributed by atoms with van der Waals surface area (Å²) < 4.78 is 2.40. The number of nitrogens with one attached hydrogen (secondary N) is 3. The number of hydrogen-bond donors (Lipinski definition) is 4. The quantitative estimate of drug-likeness (QED) is 0.0909. The van der Waals surface area contributed by atoms with Gasteiger partial charge in [0.1, 0.15) is 17.0 Å². The van der Waals surface area contributed by atoms with Crippen molar-refractivity contribution in [2.75, 3.05) is 5.01 Å². The fraction of sp³-hybridized carbons (Fsp3) is 0.130. The Morgan fingerprint density at radius 2 is 2.17 bits per heavy atom. The van der Waals surface area contributed by atoms with E-state index in [9.17, 15) is 14.7 Å². The third-order valence-electron chi connectivity index (χ3n) is 6.01. The van der Waals surface area contributed by atoms with Gasteiger partial charge < -0.3 is 14.7 Å². The van der Waals surface area contributed by atoms with Gasteiger partial charge in [-0.3, -0.25) is 10.2 Å². The van der Waals surface area contributed by atoms with Gasteiger partial charge in [-0.15, -0.1) is 11.3 Å². The maximum Gasteiger partial charge on any atom is 0.345 e. The van der Waals surface area contributed by atoms with Crippen LogP contribution in [-0.4, -0.2) is 31.9 Å². The lowest BCUT2D eigenvalue weighted by atomic mass is 10.0. The molecule has 0 spiro atoms. The van der Waals surface area contributed by atoms with Gasteiger partial charge in [-0.2, -0.15) is 5.53 Å². The summed E-state index contributed by atoms with van der Waals surface area (Å²) in [6.07, 6.45) is 3.81. The molecule has 1 aromatic carbocycles. The Balaban J connectivity index is 1.56. The Kier molecular flexibility index (Phi) is 6.33. The lowest BCUT2D eigenvalue weighted by Crippen LogP contribution is -2.24. The number of H-pyrrole nitrogens is 1. The molecule has 0 fully saturated rings. The molecule has 4 N–H and O–H groups in total. The molecule has 0 saturated heterocycles. The summed E-state index contributed by atoms with van der Waals surface area (Å²) in [4.78, 5) is 32.6. The van der Waals surface area contributed by atoms with E-state index in [1.807, 2.05) is 0 Å². The summed E-state index contributed by atoms with van der Waals surface area (Å²) in [5.74, 6) is -0.370. The van der Waals surface area contributed by atoms with Gasteiger partial charge in [-0.05, 0) is 53.0 Å². The zero-order chi connectivity index (χ0) is 25.6. The van der Waals surface area contributed by atoms with Gasteiger partial charge in [0.15, 0.2) is 0 Å². The average molecular weight is 587 g/mol. The van der Waals surface area contributed by atoms with Crippen LogP contribution in [0.25, 0.3) is 22.4 Å². The van der Waals surface area contributed by atoms with E-state index in [0.717, 1.165) is 33.9 Å². The van der Waals surface area contributed by atoms with Crippen LogP contribution in [0.2, 0.25) is 5.02 Å².